The highest BCUT2D eigenvalue weighted by atomic mass is 32.1. The molecule has 1 N–H and O–H groups in total. The van der Waals surface area contributed by atoms with Crippen molar-refractivity contribution >= 4 is 23.5 Å². The predicted octanol–water partition coefficient (Wildman–Crippen LogP) is 3.42. The lowest BCUT2D eigenvalue weighted by Gasteiger charge is -2.02. The summed E-state index contributed by atoms with van der Waals surface area (Å²) in [6, 6.07) is 8.43. The van der Waals surface area contributed by atoms with E-state index in [1.807, 2.05) is 0 Å². The smallest absolute Gasteiger partial charge is 0.0456 e. The maximum atomic E-state index is 4.39. The van der Waals surface area contributed by atoms with Crippen molar-refractivity contribution in [1.82, 2.24) is 4.98 Å². The summed E-state index contributed by atoms with van der Waals surface area (Å²) in [4.78, 5) is 3.29. The number of hydrogen-bond acceptors (Lipinski definition) is 1. The van der Waals surface area contributed by atoms with Crippen LogP contribution in [0, 0.1) is 0 Å². The van der Waals surface area contributed by atoms with Gasteiger partial charge in [-0.1, -0.05) is 25.1 Å². The Kier molecular flexibility index (Phi) is 2.82. The highest BCUT2D eigenvalue weighted by Gasteiger charge is 2.03. The van der Waals surface area contributed by atoms with Crippen molar-refractivity contribution in [2.75, 3.05) is 0 Å². The van der Waals surface area contributed by atoms with E-state index >= 15 is 0 Å². The van der Waals surface area contributed by atoms with Crippen LogP contribution in [0.5, 0.6) is 0 Å². The molecule has 0 aliphatic rings. The number of aromatic amines is 1. The Morgan fingerprint density at radius 2 is 2.14 bits per heavy atom. The monoisotopic (exact) mass is 205 g/mol. The Hall–Kier alpha value is -0.890. The SMILES string of the molecule is CC(S)CCc1c[nH]c2ccccc12. The molecule has 2 heteroatoms. The Morgan fingerprint density at radius 1 is 1.36 bits per heavy atom. The van der Waals surface area contributed by atoms with Crippen LogP contribution in [0.4, 0.5) is 0 Å². The molecule has 1 heterocycles. The molecule has 14 heavy (non-hydrogen) atoms. The number of benzene rings is 1. The number of aromatic nitrogens is 1. The van der Waals surface area contributed by atoms with Gasteiger partial charge in [-0.2, -0.15) is 12.6 Å². The molecule has 0 spiro atoms. The molecule has 1 aromatic heterocycles. The molecule has 0 saturated heterocycles. The van der Waals surface area contributed by atoms with E-state index < -0.39 is 0 Å². The highest BCUT2D eigenvalue weighted by Crippen LogP contribution is 2.19. The van der Waals surface area contributed by atoms with Crippen LogP contribution >= 0.6 is 12.6 Å². The van der Waals surface area contributed by atoms with E-state index in [9.17, 15) is 0 Å². The molecule has 1 nitrogen and oxygen atoms in total. The van der Waals surface area contributed by atoms with Gasteiger partial charge in [-0.25, -0.2) is 0 Å². The van der Waals surface area contributed by atoms with Crippen LogP contribution < -0.4 is 0 Å². The van der Waals surface area contributed by atoms with Crippen LogP contribution in [-0.4, -0.2) is 10.2 Å². The topological polar surface area (TPSA) is 15.8 Å². The second kappa shape index (κ2) is 4.09. The van der Waals surface area contributed by atoms with E-state index in [1.165, 1.54) is 16.5 Å². The van der Waals surface area contributed by atoms with Gasteiger partial charge in [0.1, 0.15) is 0 Å². The lowest BCUT2D eigenvalue weighted by Crippen LogP contribution is -1.93. The number of para-hydroxylation sites is 1. The average Bonchev–Trinajstić information content (AvgIpc) is 2.58. The molecular weight excluding hydrogens is 190 g/mol. The first-order valence-electron chi connectivity index (χ1n) is 5.00. The summed E-state index contributed by atoms with van der Waals surface area (Å²) >= 11 is 4.39. The number of hydrogen-bond donors (Lipinski definition) is 2. The first-order chi connectivity index (χ1) is 6.77. The summed E-state index contributed by atoms with van der Waals surface area (Å²) in [7, 11) is 0. The summed E-state index contributed by atoms with van der Waals surface area (Å²) in [6.07, 6.45) is 4.35. The zero-order valence-electron chi connectivity index (χ0n) is 8.33. The second-order valence-corrected chi connectivity index (χ2v) is 4.63. The number of aryl methyl sites for hydroxylation is 1. The Morgan fingerprint density at radius 3 is 2.93 bits per heavy atom. The third kappa shape index (κ3) is 1.95. The molecule has 74 valence electrons. The van der Waals surface area contributed by atoms with Gasteiger partial charge in [0.2, 0.25) is 0 Å². The van der Waals surface area contributed by atoms with Crippen molar-refractivity contribution in [3.05, 3.63) is 36.0 Å². The molecule has 0 amide bonds. The van der Waals surface area contributed by atoms with Gasteiger partial charge in [0.05, 0.1) is 0 Å². The van der Waals surface area contributed by atoms with Gasteiger partial charge in [0, 0.05) is 17.1 Å². The third-order valence-electron chi connectivity index (χ3n) is 2.51. The van der Waals surface area contributed by atoms with Crippen molar-refractivity contribution in [3.8, 4) is 0 Å². The van der Waals surface area contributed by atoms with Crippen LogP contribution in [0.2, 0.25) is 0 Å². The van der Waals surface area contributed by atoms with E-state index in [-0.39, 0.29) is 0 Å². The molecule has 1 unspecified atom stereocenters. The van der Waals surface area contributed by atoms with Crippen LogP contribution in [0.1, 0.15) is 18.9 Å². The zero-order chi connectivity index (χ0) is 9.97. The quantitative estimate of drug-likeness (QED) is 0.714. The average molecular weight is 205 g/mol. The predicted molar refractivity (Wildman–Crippen MR) is 65.1 cm³/mol. The van der Waals surface area contributed by atoms with E-state index in [0.29, 0.717) is 5.25 Å². The first-order valence-corrected chi connectivity index (χ1v) is 5.52. The summed E-state index contributed by atoms with van der Waals surface area (Å²) < 4.78 is 0. The van der Waals surface area contributed by atoms with Crippen molar-refractivity contribution in [1.29, 1.82) is 0 Å². The maximum absolute atomic E-state index is 4.39. The van der Waals surface area contributed by atoms with Crippen LogP contribution in [0.3, 0.4) is 0 Å². The highest BCUT2D eigenvalue weighted by molar-refractivity contribution is 7.80. The number of fused-ring (bicyclic) bond motifs is 1. The minimum atomic E-state index is 0.476. The van der Waals surface area contributed by atoms with E-state index in [1.54, 1.807) is 0 Å². The zero-order valence-corrected chi connectivity index (χ0v) is 9.22. The van der Waals surface area contributed by atoms with Gasteiger partial charge in [0.25, 0.3) is 0 Å². The number of thiol groups is 1. The molecular formula is C12H15NS. The Bertz CT molecular complexity index is 417. The van der Waals surface area contributed by atoms with Gasteiger partial charge in [-0.3, -0.25) is 0 Å². The van der Waals surface area contributed by atoms with E-state index in [4.69, 9.17) is 0 Å². The molecule has 0 fully saturated rings. The second-order valence-electron chi connectivity index (χ2n) is 3.75. The fourth-order valence-corrected chi connectivity index (χ4v) is 1.83. The Balaban J connectivity index is 2.25. The van der Waals surface area contributed by atoms with Crippen molar-refractivity contribution in [3.63, 3.8) is 0 Å². The van der Waals surface area contributed by atoms with Gasteiger partial charge in [-0.15, -0.1) is 0 Å². The van der Waals surface area contributed by atoms with Gasteiger partial charge < -0.3 is 4.98 Å². The normalized spacial score (nSPS) is 13.3. The number of rotatable bonds is 3. The summed E-state index contributed by atoms with van der Waals surface area (Å²) in [5.74, 6) is 0. The minimum Gasteiger partial charge on any atom is -0.361 e. The maximum Gasteiger partial charge on any atom is 0.0456 e. The molecule has 0 aliphatic carbocycles. The lowest BCUT2D eigenvalue weighted by atomic mass is 10.1. The molecule has 0 aliphatic heterocycles. The molecule has 1 atom stereocenters. The molecule has 0 saturated carbocycles. The molecule has 2 aromatic rings. The Labute approximate surface area is 89.9 Å². The van der Waals surface area contributed by atoms with E-state index in [0.717, 1.165) is 12.8 Å². The van der Waals surface area contributed by atoms with Crippen molar-refractivity contribution in [2.24, 2.45) is 0 Å². The third-order valence-corrected chi connectivity index (χ3v) is 2.76. The lowest BCUT2D eigenvalue weighted by molar-refractivity contribution is 0.820. The fraction of sp³-hybridized carbons (Fsp3) is 0.333. The summed E-state index contributed by atoms with van der Waals surface area (Å²) in [5.41, 5.74) is 2.64. The van der Waals surface area contributed by atoms with E-state index in [2.05, 4.69) is 55.0 Å². The minimum absolute atomic E-state index is 0.476. The number of nitrogens with one attached hydrogen (secondary N) is 1. The van der Waals surface area contributed by atoms with Gasteiger partial charge in [-0.05, 0) is 29.7 Å². The van der Waals surface area contributed by atoms with Gasteiger partial charge in [0.15, 0.2) is 0 Å². The van der Waals surface area contributed by atoms with Crippen LogP contribution in [0.25, 0.3) is 10.9 Å². The summed E-state index contributed by atoms with van der Waals surface area (Å²) in [6.45, 7) is 2.14. The molecule has 0 bridgehead atoms. The molecule has 2 rings (SSSR count). The first kappa shape index (κ1) is 9.66. The summed E-state index contributed by atoms with van der Waals surface area (Å²) in [5, 5.41) is 1.82. The number of H-pyrrole nitrogens is 1. The molecule has 0 radical (unpaired) electrons. The van der Waals surface area contributed by atoms with Crippen molar-refractivity contribution < 1.29 is 0 Å². The molecule has 1 aromatic carbocycles. The fourth-order valence-electron chi connectivity index (χ4n) is 1.70. The largest absolute Gasteiger partial charge is 0.361 e. The standard InChI is InChI=1S/C12H15NS/c1-9(14)6-7-10-8-13-12-5-3-2-4-11(10)12/h2-5,8-9,13-14H,6-7H2,1H3. The van der Waals surface area contributed by atoms with Crippen molar-refractivity contribution in [2.45, 2.75) is 25.0 Å². The van der Waals surface area contributed by atoms with Crippen LogP contribution in [0.15, 0.2) is 30.5 Å². The van der Waals surface area contributed by atoms with Crippen LogP contribution in [-0.2, 0) is 6.42 Å². The van der Waals surface area contributed by atoms with Gasteiger partial charge >= 0.3 is 0 Å².